The molecule has 0 saturated heterocycles. The number of rotatable bonds is 5. The molecule has 4 rings (SSSR count). The predicted octanol–water partition coefficient (Wildman–Crippen LogP) is 4.89. The number of halogens is 2. The second-order valence-corrected chi connectivity index (χ2v) is 7.15. The number of hydrogen-bond donors (Lipinski definition) is 1. The molecule has 1 N–H and O–H groups in total. The third-order valence-electron chi connectivity index (χ3n) is 4.72. The minimum atomic E-state index is -1.13. The standard InChI is InChI=1S/C20H19ClFN3O/c1-12(22)14-8-9-15-18(10-14)25(17-5-3-2-4-16(17)21)20(26)24-19(15)23-11-13-6-7-13/h2-5,8-10,12-13H,6-7,11H2,1H3,(H,23,24,26). The van der Waals surface area contributed by atoms with Gasteiger partial charge in [-0.15, -0.1) is 0 Å². The molecule has 1 heterocycles. The molecule has 1 aliphatic carbocycles. The molecule has 1 unspecified atom stereocenters. The maximum atomic E-state index is 13.9. The molecule has 1 aromatic heterocycles. The molecule has 0 radical (unpaired) electrons. The summed E-state index contributed by atoms with van der Waals surface area (Å²) in [5, 5.41) is 4.49. The van der Waals surface area contributed by atoms with Gasteiger partial charge in [-0.25, -0.2) is 9.18 Å². The van der Waals surface area contributed by atoms with E-state index in [1.165, 1.54) is 24.3 Å². The van der Waals surface area contributed by atoms with Gasteiger partial charge < -0.3 is 5.32 Å². The highest BCUT2D eigenvalue weighted by molar-refractivity contribution is 6.32. The quantitative estimate of drug-likeness (QED) is 0.694. The fourth-order valence-electron chi connectivity index (χ4n) is 3.05. The number of hydrogen-bond acceptors (Lipinski definition) is 3. The molecule has 1 atom stereocenters. The summed E-state index contributed by atoms with van der Waals surface area (Å²) in [4.78, 5) is 17.0. The number of anilines is 1. The maximum absolute atomic E-state index is 13.9. The van der Waals surface area contributed by atoms with Gasteiger partial charge in [-0.3, -0.25) is 4.57 Å². The summed E-state index contributed by atoms with van der Waals surface area (Å²) in [7, 11) is 0. The first-order valence-electron chi connectivity index (χ1n) is 8.74. The minimum absolute atomic E-state index is 0.437. The van der Waals surface area contributed by atoms with Crippen molar-refractivity contribution in [2.24, 2.45) is 5.92 Å². The van der Waals surface area contributed by atoms with E-state index in [1.54, 1.807) is 36.4 Å². The fourth-order valence-corrected chi connectivity index (χ4v) is 3.27. The van der Waals surface area contributed by atoms with Crippen LogP contribution in [-0.2, 0) is 0 Å². The molecule has 4 nitrogen and oxygen atoms in total. The van der Waals surface area contributed by atoms with Crippen molar-refractivity contribution in [3.8, 4) is 5.69 Å². The van der Waals surface area contributed by atoms with Crippen molar-refractivity contribution in [2.45, 2.75) is 25.9 Å². The molecule has 0 amide bonds. The summed E-state index contributed by atoms with van der Waals surface area (Å²) < 4.78 is 15.3. The van der Waals surface area contributed by atoms with Crippen molar-refractivity contribution >= 4 is 28.3 Å². The molecule has 6 heteroatoms. The summed E-state index contributed by atoms with van der Waals surface area (Å²) in [5.74, 6) is 1.18. The molecular formula is C20H19ClFN3O. The van der Waals surface area contributed by atoms with Gasteiger partial charge in [-0.1, -0.05) is 29.8 Å². The molecule has 0 spiro atoms. The average Bonchev–Trinajstić information content (AvgIpc) is 3.44. The molecule has 26 heavy (non-hydrogen) atoms. The largest absolute Gasteiger partial charge is 0.369 e. The Hall–Kier alpha value is -2.40. The van der Waals surface area contributed by atoms with E-state index in [1.807, 2.05) is 6.07 Å². The number of aromatic nitrogens is 2. The molecular weight excluding hydrogens is 353 g/mol. The SMILES string of the molecule is CC(F)c1ccc2c(NCC3CC3)nc(=O)n(-c3ccccc3Cl)c2c1. The monoisotopic (exact) mass is 371 g/mol. The van der Waals surface area contributed by atoms with Gasteiger partial charge in [0.15, 0.2) is 0 Å². The van der Waals surface area contributed by atoms with E-state index in [0.29, 0.717) is 33.5 Å². The van der Waals surface area contributed by atoms with Gasteiger partial charge in [-0.05, 0) is 55.5 Å². The van der Waals surface area contributed by atoms with E-state index in [2.05, 4.69) is 10.3 Å². The van der Waals surface area contributed by atoms with Gasteiger partial charge in [0.1, 0.15) is 12.0 Å². The van der Waals surface area contributed by atoms with E-state index in [0.717, 1.165) is 11.9 Å². The van der Waals surface area contributed by atoms with Crippen LogP contribution in [0.15, 0.2) is 47.3 Å². The van der Waals surface area contributed by atoms with Crippen LogP contribution in [0.2, 0.25) is 5.02 Å². The van der Waals surface area contributed by atoms with Crippen molar-refractivity contribution in [2.75, 3.05) is 11.9 Å². The third-order valence-corrected chi connectivity index (χ3v) is 5.04. The third kappa shape index (κ3) is 3.19. The Bertz CT molecular complexity index is 1030. The summed E-state index contributed by atoms with van der Waals surface area (Å²) in [6.07, 6.45) is 1.27. The Kier molecular flexibility index (Phi) is 4.41. The van der Waals surface area contributed by atoms with E-state index >= 15 is 0 Å². The van der Waals surface area contributed by atoms with Crippen molar-refractivity contribution in [1.82, 2.24) is 9.55 Å². The Morgan fingerprint density at radius 1 is 1.31 bits per heavy atom. The average molecular weight is 372 g/mol. The summed E-state index contributed by atoms with van der Waals surface area (Å²) in [5.41, 5.74) is 1.21. The van der Waals surface area contributed by atoms with Gasteiger partial charge in [0, 0.05) is 11.9 Å². The molecule has 0 aliphatic heterocycles. The predicted molar refractivity (Wildman–Crippen MR) is 103 cm³/mol. The molecule has 1 aliphatic rings. The normalized spacial score (nSPS) is 15.2. The van der Waals surface area contributed by atoms with Crippen LogP contribution in [0, 0.1) is 5.92 Å². The lowest BCUT2D eigenvalue weighted by Gasteiger charge is -2.16. The van der Waals surface area contributed by atoms with E-state index in [9.17, 15) is 9.18 Å². The Morgan fingerprint density at radius 2 is 2.08 bits per heavy atom. The summed E-state index contributed by atoms with van der Waals surface area (Å²) in [6.45, 7) is 2.27. The topological polar surface area (TPSA) is 46.9 Å². The number of para-hydroxylation sites is 1. The van der Waals surface area contributed by atoms with E-state index in [4.69, 9.17) is 11.6 Å². The number of fused-ring (bicyclic) bond motifs is 1. The van der Waals surface area contributed by atoms with Gasteiger partial charge in [0.2, 0.25) is 0 Å². The van der Waals surface area contributed by atoms with Gasteiger partial charge in [0.05, 0.1) is 16.2 Å². The van der Waals surface area contributed by atoms with Gasteiger partial charge >= 0.3 is 5.69 Å². The number of benzene rings is 2. The molecule has 3 aromatic rings. The van der Waals surface area contributed by atoms with Gasteiger partial charge in [-0.2, -0.15) is 4.98 Å². The Balaban J connectivity index is 1.96. The second-order valence-electron chi connectivity index (χ2n) is 6.75. The van der Waals surface area contributed by atoms with Gasteiger partial charge in [0.25, 0.3) is 0 Å². The fraction of sp³-hybridized carbons (Fsp3) is 0.300. The molecule has 2 aromatic carbocycles. The van der Waals surface area contributed by atoms with Crippen LogP contribution in [0.5, 0.6) is 0 Å². The summed E-state index contributed by atoms with van der Waals surface area (Å²) in [6, 6.07) is 12.3. The van der Waals surface area contributed by atoms with Crippen LogP contribution in [0.4, 0.5) is 10.2 Å². The van der Waals surface area contributed by atoms with Crippen molar-refractivity contribution < 1.29 is 4.39 Å². The van der Waals surface area contributed by atoms with Crippen molar-refractivity contribution in [3.05, 3.63) is 63.5 Å². The second kappa shape index (κ2) is 6.72. The Morgan fingerprint density at radius 3 is 2.77 bits per heavy atom. The van der Waals surface area contributed by atoms with Crippen LogP contribution in [-0.4, -0.2) is 16.1 Å². The molecule has 134 valence electrons. The first kappa shape index (κ1) is 17.0. The van der Waals surface area contributed by atoms with Crippen molar-refractivity contribution in [1.29, 1.82) is 0 Å². The minimum Gasteiger partial charge on any atom is -0.369 e. The van der Waals surface area contributed by atoms with Crippen LogP contribution in [0.25, 0.3) is 16.6 Å². The smallest absolute Gasteiger partial charge is 0.354 e. The zero-order valence-electron chi connectivity index (χ0n) is 14.4. The van der Waals surface area contributed by atoms with Crippen LogP contribution < -0.4 is 11.0 Å². The molecule has 1 fully saturated rings. The molecule has 1 saturated carbocycles. The first-order valence-corrected chi connectivity index (χ1v) is 9.12. The van der Waals surface area contributed by atoms with E-state index < -0.39 is 11.9 Å². The number of nitrogens with zero attached hydrogens (tertiary/aromatic N) is 2. The number of alkyl halides is 1. The zero-order valence-corrected chi connectivity index (χ0v) is 15.1. The highest BCUT2D eigenvalue weighted by atomic mass is 35.5. The summed E-state index contributed by atoms with van der Waals surface area (Å²) >= 11 is 6.31. The van der Waals surface area contributed by atoms with Crippen molar-refractivity contribution in [3.63, 3.8) is 0 Å². The van der Waals surface area contributed by atoms with Crippen LogP contribution >= 0.6 is 11.6 Å². The first-order chi connectivity index (χ1) is 12.5. The lowest BCUT2D eigenvalue weighted by Crippen LogP contribution is -2.24. The zero-order chi connectivity index (χ0) is 18.3. The molecule has 0 bridgehead atoms. The highest BCUT2D eigenvalue weighted by Crippen LogP contribution is 2.31. The lowest BCUT2D eigenvalue weighted by molar-refractivity contribution is 0.374. The van der Waals surface area contributed by atoms with Crippen LogP contribution in [0.1, 0.15) is 31.5 Å². The Labute approximate surface area is 155 Å². The maximum Gasteiger partial charge on any atom is 0.354 e. The highest BCUT2D eigenvalue weighted by Gasteiger charge is 2.22. The lowest BCUT2D eigenvalue weighted by atomic mass is 10.1. The number of nitrogens with one attached hydrogen (secondary N) is 1. The van der Waals surface area contributed by atoms with Crippen LogP contribution in [0.3, 0.4) is 0 Å². The van der Waals surface area contributed by atoms with E-state index in [-0.39, 0.29) is 0 Å².